The second-order valence-corrected chi connectivity index (χ2v) is 6.24. The minimum atomic E-state index is -0.327. The van der Waals surface area contributed by atoms with E-state index in [1.165, 1.54) is 0 Å². The van der Waals surface area contributed by atoms with Gasteiger partial charge in [0.15, 0.2) is 0 Å². The largest absolute Gasteiger partial charge is 0.329 e. The van der Waals surface area contributed by atoms with Crippen molar-refractivity contribution in [3.63, 3.8) is 0 Å². The number of likely N-dealkylation sites (N-methyl/N-ethyl adjacent to an activating group) is 1. The van der Waals surface area contributed by atoms with Gasteiger partial charge in [0, 0.05) is 30.1 Å². The van der Waals surface area contributed by atoms with E-state index in [0.29, 0.717) is 12.4 Å². The third kappa shape index (κ3) is 2.95. The highest BCUT2D eigenvalue weighted by Gasteiger charge is 2.46. The molecule has 1 unspecified atom stereocenters. The number of urea groups is 1. The zero-order chi connectivity index (χ0) is 17.2. The van der Waals surface area contributed by atoms with Gasteiger partial charge in [-0.15, -0.1) is 0 Å². The zero-order valence-corrected chi connectivity index (χ0v) is 14.1. The van der Waals surface area contributed by atoms with Gasteiger partial charge in [0.2, 0.25) is 5.82 Å². The van der Waals surface area contributed by atoms with Gasteiger partial charge < -0.3 is 10.2 Å². The summed E-state index contributed by atoms with van der Waals surface area (Å²) in [5, 5.41) is 3.01. The molecule has 2 heterocycles. The molecule has 1 fully saturated rings. The third-order valence-electron chi connectivity index (χ3n) is 4.33. The zero-order valence-electron chi connectivity index (χ0n) is 14.1. The molecule has 2 amide bonds. The van der Waals surface area contributed by atoms with Crippen LogP contribution in [0.25, 0.3) is 0 Å². The summed E-state index contributed by atoms with van der Waals surface area (Å²) in [7, 11) is 0. The van der Waals surface area contributed by atoms with Crippen molar-refractivity contribution in [3.05, 3.63) is 59.7 Å². The van der Waals surface area contributed by atoms with E-state index < -0.39 is 0 Å². The Morgan fingerprint density at radius 2 is 1.83 bits per heavy atom. The molecule has 24 heavy (non-hydrogen) atoms. The second kappa shape index (κ2) is 6.32. The van der Waals surface area contributed by atoms with E-state index in [9.17, 15) is 4.79 Å². The molecule has 1 atom stereocenters. The first-order chi connectivity index (χ1) is 11.5. The maximum Gasteiger partial charge on any atom is 0.318 e. The molecule has 0 radical (unpaired) electrons. The number of nitrogens with one attached hydrogen (secondary N) is 1. The van der Waals surface area contributed by atoms with E-state index >= 15 is 0 Å². The molecule has 122 valence electrons. The predicted molar refractivity (Wildman–Crippen MR) is 92.2 cm³/mol. The van der Waals surface area contributed by atoms with E-state index in [1.54, 1.807) is 12.4 Å². The fourth-order valence-corrected chi connectivity index (χ4v) is 3.04. The maximum atomic E-state index is 12.1. The van der Waals surface area contributed by atoms with Gasteiger partial charge in [0.1, 0.15) is 0 Å². The number of aromatic nitrogens is 2. The molecule has 1 N–H and O–H groups in total. The Morgan fingerprint density at radius 3 is 2.42 bits per heavy atom. The van der Waals surface area contributed by atoms with Crippen LogP contribution in [0, 0.1) is 11.8 Å². The fraction of sp³-hybridized carbons (Fsp3) is 0.316. The number of benzene rings is 1. The molecule has 1 aliphatic heterocycles. The summed E-state index contributed by atoms with van der Waals surface area (Å²) < 4.78 is 0. The lowest BCUT2D eigenvalue weighted by molar-refractivity contribution is 0.170. The highest BCUT2D eigenvalue weighted by Crippen LogP contribution is 2.35. The van der Waals surface area contributed by atoms with Crippen molar-refractivity contribution < 1.29 is 4.79 Å². The average Bonchev–Trinajstić information content (AvgIpc) is 2.83. The topological polar surface area (TPSA) is 58.1 Å². The summed E-state index contributed by atoms with van der Waals surface area (Å²) >= 11 is 0. The number of amides is 2. The van der Waals surface area contributed by atoms with Crippen LogP contribution >= 0.6 is 0 Å². The third-order valence-corrected chi connectivity index (χ3v) is 4.33. The summed E-state index contributed by atoms with van der Waals surface area (Å²) in [6.45, 7) is 6.73. The highest BCUT2D eigenvalue weighted by atomic mass is 16.2. The molecule has 2 aromatic rings. The van der Waals surface area contributed by atoms with Crippen LogP contribution in [0.1, 0.15) is 43.8 Å². The molecule has 1 aliphatic rings. The van der Waals surface area contributed by atoms with Gasteiger partial charge in [-0.3, -0.25) is 0 Å². The number of nitrogens with zero attached hydrogens (tertiary/aromatic N) is 3. The van der Waals surface area contributed by atoms with Gasteiger partial charge >= 0.3 is 6.03 Å². The Bertz CT molecular complexity index is 788. The fourth-order valence-electron chi connectivity index (χ4n) is 3.04. The molecule has 0 spiro atoms. The minimum absolute atomic E-state index is 0.0551. The van der Waals surface area contributed by atoms with Gasteiger partial charge in [0.25, 0.3) is 0 Å². The minimum Gasteiger partial charge on any atom is -0.329 e. The van der Waals surface area contributed by atoms with Crippen LogP contribution in [-0.4, -0.2) is 33.0 Å². The lowest BCUT2D eigenvalue weighted by atomic mass is 9.91. The number of carbonyl (C=O) groups excluding carboxylic acids is 1. The van der Waals surface area contributed by atoms with Crippen molar-refractivity contribution in [3.8, 4) is 11.8 Å². The number of carbonyl (C=O) groups is 1. The monoisotopic (exact) mass is 320 g/mol. The van der Waals surface area contributed by atoms with Crippen LogP contribution in [0.2, 0.25) is 0 Å². The first-order valence-electron chi connectivity index (χ1n) is 7.99. The van der Waals surface area contributed by atoms with E-state index in [-0.39, 0.29) is 17.6 Å². The lowest BCUT2D eigenvalue weighted by Gasteiger charge is -2.33. The second-order valence-electron chi connectivity index (χ2n) is 6.24. The summed E-state index contributed by atoms with van der Waals surface area (Å²) in [5.41, 5.74) is 1.48. The van der Waals surface area contributed by atoms with E-state index in [4.69, 9.17) is 0 Å². The van der Waals surface area contributed by atoms with Crippen LogP contribution in [0.3, 0.4) is 0 Å². The number of rotatable bonds is 2. The van der Waals surface area contributed by atoms with Gasteiger partial charge in [-0.2, -0.15) is 0 Å². The van der Waals surface area contributed by atoms with E-state index in [0.717, 1.165) is 11.1 Å². The van der Waals surface area contributed by atoms with Crippen LogP contribution in [0.4, 0.5) is 4.79 Å². The molecule has 1 aromatic heterocycles. The lowest BCUT2D eigenvalue weighted by Crippen LogP contribution is -2.42. The van der Waals surface area contributed by atoms with Crippen LogP contribution in [0.15, 0.2) is 42.7 Å². The van der Waals surface area contributed by atoms with Gasteiger partial charge in [-0.25, -0.2) is 14.8 Å². The number of hydrogen-bond donors (Lipinski definition) is 1. The first kappa shape index (κ1) is 16.0. The molecule has 5 nitrogen and oxygen atoms in total. The maximum absolute atomic E-state index is 12.1. The highest BCUT2D eigenvalue weighted by molar-refractivity contribution is 5.78. The molecule has 5 heteroatoms. The number of hydrogen-bond acceptors (Lipinski definition) is 3. The Balaban J connectivity index is 1.81. The van der Waals surface area contributed by atoms with Crippen molar-refractivity contribution in [2.24, 2.45) is 0 Å². The van der Waals surface area contributed by atoms with Crippen LogP contribution < -0.4 is 5.32 Å². The smallest absolute Gasteiger partial charge is 0.318 e. The molecular formula is C19H20N4O. The summed E-state index contributed by atoms with van der Waals surface area (Å²) in [5.74, 6) is 6.46. The molecule has 1 aromatic carbocycles. The van der Waals surface area contributed by atoms with E-state index in [2.05, 4.69) is 27.1 Å². The quantitative estimate of drug-likeness (QED) is 0.866. The SMILES string of the molecule is CCN1C(=O)NC(c2cnc(C#Cc3ccccc3)nc2)C1(C)C. The van der Waals surface area contributed by atoms with Crippen LogP contribution in [-0.2, 0) is 0 Å². The Hall–Kier alpha value is -2.87. The van der Waals surface area contributed by atoms with Gasteiger partial charge in [-0.05, 0) is 38.8 Å². The molecule has 0 bridgehead atoms. The molecule has 0 aliphatic carbocycles. The van der Waals surface area contributed by atoms with Crippen molar-refractivity contribution in [1.82, 2.24) is 20.2 Å². The predicted octanol–water partition coefficient (Wildman–Crippen LogP) is 2.74. The Morgan fingerprint density at radius 1 is 1.17 bits per heavy atom. The van der Waals surface area contributed by atoms with Gasteiger partial charge in [0.05, 0.1) is 11.6 Å². The normalized spacial score (nSPS) is 18.7. The average molecular weight is 320 g/mol. The summed E-state index contributed by atoms with van der Waals surface area (Å²) in [6.07, 6.45) is 3.49. The summed E-state index contributed by atoms with van der Waals surface area (Å²) in [6, 6.07) is 9.53. The van der Waals surface area contributed by atoms with Crippen molar-refractivity contribution in [2.75, 3.05) is 6.54 Å². The Labute approximate surface area is 142 Å². The summed E-state index contributed by atoms with van der Waals surface area (Å²) in [4.78, 5) is 22.6. The van der Waals surface area contributed by atoms with Crippen LogP contribution in [0.5, 0.6) is 0 Å². The van der Waals surface area contributed by atoms with Crippen molar-refractivity contribution in [2.45, 2.75) is 32.4 Å². The van der Waals surface area contributed by atoms with E-state index in [1.807, 2.05) is 56.0 Å². The molecule has 3 rings (SSSR count). The molecule has 1 saturated heterocycles. The first-order valence-corrected chi connectivity index (χ1v) is 7.99. The molecular weight excluding hydrogens is 300 g/mol. The van der Waals surface area contributed by atoms with Gasteiger partial charge in [-0.1, -0.05) is 24.1 Å². The van der Waals surface area contributed by atoms with Crippen molar-refractivity contribution in [1.29, 1.82) is 0 Å². The standard InChI is InChI=1S/C19H20N4O/c1-4-23-18(24)22-17(19(23,2)3)15-12-20-16(21-13-15)11-10-14-8-6-5-7-9-14/h5-9,12-13,17H,4H2,1-3H3,(H,22,24). The Kier molecular flexibility index (Phi) is 4.22. The molecule has 0 saturated carbocycles. The van der Waals surface area contributed by atoms with Crippen molar-refractivity contribution >= 4 is 6.03 Å².